The highest BCUT2D eigenvalue weighted by atomic mass is 79.9. The highest BCUT2D eigenvalue weighted by Crippen LogP contribution is 2.54. The molecular weight excluding hydrogens is 492 g/mol. The van der Waals surface area contributed by atoms with Gasteiger partial charge in [0, 0.05) is 27.2 Å². The third-order valence-corrected chi connectivity index (χ3v) is 7.28. The molecule has 0 saturated heterocycles. The van der Waals surface area contributed by atoms with Gasteiger partial charge in [0.05, 0.1) is 0 Å². The van der Waals surface area contributed by atoms with Gasteiger partial charge in [0.2, 0.25) is 0 Å². The van der Waals surface area contributed by atoms with Crippen molar-refractivity contribution in [1.82, 2.24) is 0 Å². The second-order valence-electron chi connectivity index (χ2n) is 7.93. The summed E-state index contributed by atoms with van der Waals surface area (Å²) in [6.45, 7) is 0. The van der Waals surface area contributed by atoms with Crippen molar-refractivity contribution in [3.63, 3.8) is 0 Å². The number of unbranched alkanes of at least 4 members (excludes halogenated alkanes) is 4. The van der Waals surface area contributed by atoms with E-state index in [1.807, 2.05) is 12.1 Å². The van der Waals surface area contributed by atoms with E-state index in [4.69, 9.17) is 0 Å². The normalized spacial score (nSPS) is 13.7. The van der Waals surface area contributed by atoms with Crippen LogP contribution in [0, 0.1) is 0 Å². The Labute approximate surface area is 190 Å². The molecule has 0 heterocycles. The highest BCUT2D eigenvalue weighted by Gasteiger charge is 2.42. The van der Waals surface area contributed by atoms with Gasteiger partial charge in [0.25, 0.3) is 0 Å². The molecule has 0 atom stereocenters. The second-order valence-corrected chi connectivity index (χ2v) is 9.51. The van der Waals surface area contributed by atoms with Crippen LogP contribution in [0.1, 0.15) is 83.2 Å². The number of benzene rings is 2. The van der Waals surface area contributed by atoms with E-state index in [1.54, 1.807) is 0 Å². The Bertz CT molecular complexity index is 788. The Morgan fingerprint density at radius 3 is 1.48 bits per heavy atom. The Morgan fingerprint density at radius 2 is 1.10 bits per heavy atom. The Kier molecular flexibility index (Phi) is 8.25. The summed E-state index contributed by atoms with van der Waals surface area (Å²) in [5, 5.41) is 2.06. The lowest BCUT2D eigenvalue weighted by Gasteiger charge is -2.33. The zero-order valence-corrected chi connectivity index (χ0v) is 19.9. The number of carbonyl (C=O) groups is 2. The molecule has 154 valence electrons. The van der Waals surface area contributed by atoms with Crippen LogP contribution in [-0.2, 0) is 5.41 Å². The molecule has 0 saturated carbocycles. The molecule has 29 heavy (non-hydrogen) atoms. The van der Waals surface area contributed by atoms with Crippen molar-refractivity contribution in [2.75, 3.05) is 10.7 Å². The molecule has 0 aromatic heterocycles. The first-order chi connectivity index (χ1) is 14.2. The summed E-state index contributed by atoms with van der Waals surface area (Å²) in [6.07, 6.45) is 11.0. The molecule has 0 aliphatic heterocycles. The molecule has 2 aromatic rings. The molecule has 4 heteroatoms. The Balaban J connectivity index is 2.09. The summed E-state index contributed by atoms with van der Waals surface area (Å²) in [7, 11) is 0. The summed E-state index contributed by atoms with van der Waals surface area (Å²) < 4.78 is 0. The van der Waals surface area contributed by atoms with Crippen molar-refractivity contribution in [2.24, 2.45) is 0 Å². The molecule has 0 amide bonds. The molecule has 0 N–H and O–H groups in total. The van der Waals surface area contributed by atoms with Gasteiger partial charge in [-0.2, -0.15) is 0 Å². The van der Waals surface area contributed by atoms with E-state index in [0.29, 0.717) is 0 Å². The van der Waals surface area contributed by atoms with Crippen LogP contribution < -0.4 is 0 Å². The van der Waals surface area contributed by atoms with E-state index in [9.17, 15) is 9.59 Å². The molecular formula is C25H28Br2O2. The second kappa shape index (κ2) is 10.7. The molecule has 0 radical (unpaired) electrons. The van der Waals surface area contributed by atoms with E-state index in [2.05, 4.69) is 56.1 Å². The molecule has 0 bridgehead atoms. The first-order valence-corrected chi connectivity index (χ1v) is 12.8. The molecule has 1 aliphatic carbocycles. The van der Waals surface area contributed by atoms with E-state index in [0.717, 1.165) is 60.0 Å². The molecule has 0 unspecified atom stereocenters. The zero-order valence-electron chi connectivity index (χ0n) is 16.8. The van der Waals surface area contributed by atoms with Crippen molar-refractivity contribution in [3.8, 4) is 11.1 Å². The molecule has 2 aromatic carbocycles. The van der Waals surface area contributed by atoms with Crippen molar-refractivity contribution in [2.45, 2.75) is 56.8 Å². The molecule has 1 aliphatic rings. The van der Waals surface area contributed by atoms with Gasteiger partial charge in [-0.1, -0.05) is 81.8 Å². The molecule has 3 rings (SSSR count). The maximum Gasteiger partial charge on any atom is 0.150 e. The minimum Gasteiger partial charge on any atom is -0.298 e. The third kappa shape index (κ3) is 4.74. The first-order valence-electron chi connectivity index (χ1n) is 10.5. The fourth-order valence-electron chi connectivity index (χ4n) is 4.74. The minimum atomic E-state index is -0.110. The van der Waals surface area contributed by atoms with Gasteiger partial charge in [0.1, 0.15) is 12.6 Å². The van der Waals surface area contributed by atoms with Crippen LogP contribution in [0.15, 0.2) is 36.4 Å². The van der Waals surface area contributed by atoms with Crippen molar-refractivity contribution in [3.05, 3.63) is 58.7 Å². The van der Waals surface area contributed by atoms with Gasteiger partial charge in [-0.05, 0) is 60.1 Å². The molecule has 0 spiro atoms. The SMILES string of the molecule is O=Cc1ccc2c(c1)C(CCCCCBr)(CCCCCBr)c1cc(C=O)ccc1-2. The van der Waals surface area contributed by atoms with Gasteiger partial charge < -0.3 is 0 Å². The average Bonchev–Trinajstić information content (AvgIpc) is 3.03. The topological polar surface area (TPSA) is 34.1 Å². The smallest absolute Gasteiger partial charge is 0.150 e. The standard InChI is InChI=1S/C25H28Br2O2/c26-13-5-1-3-11-25(12-4-2-6-14-27)23-15-19(17-28)7-9-21(23)22-10-8-20(18-29)16-24(22)25/h7-10,15-18H,1-6,11-14H2. The summed E-state index contributed by atoms with van der Waals surface area (Å²) in [5.41, 5.74) is 6.36. The van der Waals surface area contributed by atoms with Gasteiger partial charge in [-0.25, -0.2) is 0 Å². The number of hydrogen-bond acceptors (Lipinski definition) is 2. The average molecular weight is 520 g/mol. The summed E-state index contributed by atoms with van der Waals surface area (Å²) >= 11 is 7.09. The zero-order chi connectivity index (χ0) is 20.7. The van der Waals surface area contributed by atoms with Crippen LogP contribution in [0.3, 0.4) is 0 Å². The van der Waals surface area contributed by atoms with Crippen LogP contribution >= 0.6 is 31.9 Å². The predicted octanol–water partition coefficient (Wildman–Crippen LogP) is 7.49. The van der Waals surface area contributed by atoms with E-state index < -0.39 is 0 Å². The summed E-state index contributed by atoms with van der Waals surface area (Å²) in [6, 6.07) is 12.2. The van der Waals surface area contributed by atoms with Crippen molar-refractivity contribution < 1.29 is 9.59 Å². The lowest BCUT2D eigenvalue weighted by atomic mass is 9.70. The molecule has 0 fully saturated rings. The van der Waals surface area contributed by atoms with Crippen LogP contribution in [0.5, 0.6) is 0 Å². The minimum absolute atomic E-state index is 0.110. The van der Waals surface area contributed by atoms with Crippen LogP contribution in [-0.4, -0.2) is 23.2 Å². The lowest BCUT2D eigenvalue weighted by Crippen LogP contribution is -2.26. The summed E-state index contributed by atoms with van der Waals surface area (Å²) in [5.74, 6) is 0. The number of rotatable bonds is 12. The predicted molar refractivity (Wildman–Crippen MR) is 128 cm³/mol. The third-order valence-electron chi connectivity index (χ3n) is 6.16. The number of halogens is 2. The summed E-state index contributed by atoms with van der Waals surface area (Å²) in [4.78, 5) is 23.1. The van der Waals surface area contributed by atoms with Crippen molar-refractivity contribution in [1.29, 1.82) is 0 Å². The van der Waals surface area contributed by atoms with Gasteiger partial charge in [0.15, 0.2) is 0 Å². The monoisotopic (exact) mass is 518 g/mol. The van der Waals surface area contributed by atoms with E-state index >= 15 is 0 Å². The Hall–Kier alpha value is -1.26. The fraction of sp³-hybridized carbons (Fsp3) is 0.440. The first kappa shape index (κ1) is 22.4. The van der Waals surface area contributed by atoms with E-state index in [1.165, 1.54) is 47.9 Å². The maximum absolute atomic E-state index is 11.5. The van der Waals surface area contributed by atoms with Crippen LogP contribution in [0.2, 0.25) is 0 Å². The highest BCUT2D eigenvalue weighted by molar-refractivity contribution is 9.09. The lowest BCUT2D eigenvalue weighted by molar-refractivity contribution is 0.111. The fourth-order valence-corrected chi connectivity index (χ4v) is 5.53. The van der Waals surface area contributed by atoms with Crippen LogP contribution in [0.4, 0.5) is 0 Å². The quantitative estimate of drug-likeness (QED) is 0.165. The Morgan fingerprint density at radius 1 is 0.655 bits per heavy atom. The molecule has 2 nitrogen and oxygen atoms in total. The number of alkyl halides is 2. The van der Waals surface area contributed by atoms with E-state index in [-0.39, 0.29) is 5.41 Å². The number of aldehydes is 2. The van der Waals surface area contributed by atoms with Crippen LogP contribution in [0.25, 0.3) is 11.1 Å². The number of hydrogen-bond donors (Lipinski definition) is 0. The van der Waals surface area contributed by atoms with Crippen molar-refractivity contribution >= 4 is 44.4 Å². The van der Waals surface area contributed by atoms with Gasteiger partial charge >= 0.3 is 0 Å². The number of fused-ring (bicyclic) bond motifs is 3. The number of carbonyl (C=O) groups excluding carboxylic acids is 2. The van der Waals surface area contributed by atoms with Gasteiger partial charge in [-0.3, -0.25) is 9.59 Å². The largest absolute Gasteiger partial charge is 0.298 e. The van der Waals surface area contributed by atoms with Gasteiger partial charge in [-0.15, -0.1) is 0 Å². The maximum atomic E-state index is 11.5.